The molecule has 3 aromatic heterocycles. The maximum absolute atomic E-state index is 12.5. The van der Waals surface area contributed by atoms with E-state index in [4.69, 9.17) is 0 Å². The number of fused-ring (bicyclic) bond motifs is 1. The molecule has 0 saturated heterocycles. The highest BCUT2D eigenvalue weighted by atomic mass is 16.2. The normalized spacial score (nSPS) is 16.9. The summed E-state index contributed by atoms with van der Waals surface area (Å²) < 4.78 is 2.03. The van der Waals surface area contributed by atoms with E-state index < -0.39 is 0 Å². The van der Waals surface area contributed by atoms with Gasteiger partial charge in [0.15, 0.2) is 0 Å². The van der Waals surface area contributed by atoms with Crippen LogP contribution in [-0.4, -0.2) is 37.6 Å². The molecule has 0 N–H and O–H groups in total. The standard InChI is InChI=1S/C25H26N6O/c1-16-8-19(18-12-28-31(13-18)15-25(2)6-4-5-7-25)23(29-21(16)10-26)17-9-20-22(27-11-17)14-30(3)24(20)32/h8-9,11-13H,4-7,14-15H2,1-3H3. The molecule has 1 fully saturated rings. The number of pyridine rings is 2. The number of nitriles is 1. The molecular formula is C25H26N6O. The SMILES string of the molecule is Cc1cc(-c2cnn(CC3(C)CCCC3)c2)c(-c2cnc3c(c2)C(=O)N(C)C3)nc1C#N. The van der Waals surface area contributed by atoms with Crippen LogP contribution >= 0.6 is 0 Å². The van der Waals surface area contributed by atoms with E-state index >= 15 is 0 Å². The molecule has 1 saturated carbocycles. The van der Waals surface area contributed by atoms with Crippen LogP contribution in [-0.2, 0) is 13.1 Å². The molecule has 0 aromatic carbocycles. The lowest BCUT2D eigenvalue weighted by Crippen LogP contribution is -2.19. The first-order valence-electron chi connectivity index (χ1n) is 11.1. The van der Waals surface area contributed by atoms with Crippen molar-refractivity contribution in [2.45, 2.75) is 52.6 Å². The maximum Gasteiger partial charge on any atom is 0.255 e. The van der Waals surface area contributed by atoms with Gasteiger partial charge in [0.25, 0.3) is 5.91 Å². The fraction of sp³-hybridized carbons (Fsp3) is 0.400. The second kappa shape index (κ2) is 7.56. The Hall–Kier alpha value is -3.53. The van der Waals surface area contributed by atoms with Gasteiger partial charge in [-0.2, -0.15) is 10.4 Å². The fourth-order valence-electron chi connectivity index (χ4n) is 4.97. The number of hydrogen-bond donors (Lipinski definition) is 0. The number of aryl methyl sites for hydroxylation is 1. The Labute approximate surface area is 187 Å². The Morgan fingerprint density at radius 2 is 1.94 bits per heavy atom. The molecular weight excluding hydrogens is 400 g/mol. The second-order valence-corrected chi connectivity index (χ2v) is 9.49. The molecule has 2 aliphatic rings. The zero-order chi connectivity index (χ0) is 22.5. The molecule has 7 nitrogen and oxygen atoms in total. The van der Waals surface area contributed by atoms with Crippen molar-refractivity contribution in [3.63, 3.8) is 0 Å². The average molecular weight is 427 g/mol. The zero-order valence-corrected chi connectivity index (χ0v) is 18.7. The summed E-state index contributed by atoms with van der Waals surface area (Å²) >= 11 is 0. The number of nitrogens with zero attached hydrogens (tertiary/aromatic N) is 6. The van der Waals surface area contributed by atoms with Gasteiger partial charge in [-0.15, -0.1) is 0 Å². The summed E-state index contributed by atoms with van der Waals surface area (Å²) in [5.41, 5.74) is 6.07. The van der Waals surface area contributed by atoms with Gasteiger partial charge in [-0.25, -0.2) is 4.98 Å². The summed E-state index contributed by atoms with van der Waals surface area (Å²) in [5, 5.41) is 14.2. The topological polar surface area (TPSA) is 87.7 Å². The van der Waals surface area contributed by atoms with Crippen molar-refractivity contribution in [1.29, 1.82) is 5.26 Å². The number of aromatic nitrogens is 4. The second-order valence-electron chi connectivity index (χ2n) is 9.49. The first-order chi connectivity index (χ1) is 15.4. The molecule has 1 aliphatic carbocycles. The van der Waals surface area contributed by atoms with E-state index in [0.717, 1.165) is 34.5 Å². The largest absolute Gasteiger partial charge is 0.336 e. The minimum Gasteiger partial charge on any atom is -0.336 e. The Balaban J connectivity index is 1.58. The van der Waals surface area contributed by atoms with Crippen LogP contribution in [0.15, 0.2) is 30.7 Å². The molecule has 3 aromatic rings. The lowest BCUT2D eigenvalue weighted by Gasteiger charge is -2.22. The number of rotatable bonds is 4. The van der Waals surface area contributed by atoms with E-state index in [-0.39, 0.29) is 5.91 Å². The number of amides is 1. The lowest BCUT2D eigenvalue weighted by atomic mass is 9.89. The smallest absolute Gasteiger partial charge is 0.255 e. The molecule has 32 heavy (non-hydrogen) atoms. The molecule has 5 rings (SSSR count). The minimum atomic E-state index is -0.0406. The summed E-state index contributed by atoms with van der Waals surface area (Å²) in [4.78, 5) is 23.4. The van der Waals surface area contributed by atoms with Crippen molar-refractivity contribution in [2.75, 3.05) is 7.05 Å². The van der Waals surface area contributed by atoms with Crippen LogP contribution in [0.25, 0.3) is 22.4 Å². The van der Waals surface area contributed by atoms with Crippen molar-refractivity contribution in [3.8, 4) is 28.5 Å². The van der Waals surface area contributed by atoms with Crippen molar-refractivity contribution < 1.29 is 4.79 Å². The van der Waals surface area contributed by atoms with Gasteiger partial charge in [-0.3, -0.25) is 14.5 Å². The van der Waals surface area contributed by atoms with Crippen molar-refractivity contribution in [2.24, 2.45) is 5.41 Å². The molecule has 0 spiro atoms. The van der Waals surface area contributed by atoms with Crippen molar-refractivity contribution in [1.82, 2.24) is 24.6 Å². The fourth-order valence-corrected chi connectivity index (χ4v) is 4.97. The molecule has 0 atom stereocenters. The van der Waals surface area contributed by atoms with Gasteiger partial charge < -0.3 is 4.90 Å². The molecule has 7 heteroatoms. The van der Waals surface area contributed by atoms with Gasteiger partial charge >= 0.3 is 0 Å². The summed E-state index contributed by atoms with van der Waals surface area (Å²) in [7, 11) is 1.77. The van der Waals surface area contributed by atoms with Crippen molar-refractivity contribution in [3.05, 3.63) is 53.2 Å². The van der Waals surface area contributed by atoms with E-state index in [1.165, 1.54) is 25.7 Å². The van der Waals surface area contributed by atoms with Crippen LogP contribution in [0.1, 0.15) is 59.9 Å². The first-order valence-corrected chi connectivity index (χ1v) is 11.1. The molecule has 0 unspecified atom stereocenters. The Bertz CT molecular complexity index is 1260. The van der Waals surface area contributed by atoms with Crippen molar-refractivity contribution >= 4 is 5.91 Å². The predicted octanol–water partition coefficient (Wildman–Crippen LogP) is 4.35. The Morgan fingerprint density at radius 1 is 1.16 bits per heavy atom. The van der Waals surface area contributed by atoms with Crippen LogP contribution in [0.5, 0.6) is 0 Å². The van der Waals surface area contributed by atoms with Crippen LogP contribution in [0.3, 0.4) is 0 Å². The molecule has 1 aliphatic heterocycles. The van der Waals surface area contributed by atoms with Gasteiger partial charge in [0.2, 0.25) is 0 Å². The van der Waals surface area contributed by atoms with Gasteiger partial charge in [-0.1, -0.05) is 19.8 Å². The summed E-state index contributed by atoms with van der Waals surface area (Å²) in [6.45, 7) is 5.64. The highest BCUT2D eigenvalue weighted by Gasteiger charge is 2.30. The van der Waals surface area contributed by atoms with E-state index in [2.05, 4.69) is 34.3 Å². The highest BCUT2D eigenvalue weighted by Crippen LogP contribution is 2.39. The molecule has 0 bridgehead atoms. The van der Waals surface area contributed by atoms with Gasteiger partial charge in [0.05, 0.1) is 29.7 Å². The monoisotopic (exact) mass is 426 g/mol. The van der Waals surface area contributed by atoms with Gasteiger partial charge in [-0.05, 0) is 42.9 Å². The molecule has 4 heterocycles. The maximum atomic E-state index is 12.5. The van der Waals surface area contributed by atoms with E-state index in [1.54, 1.807) is 18.1 Å². The summed E-state index contributed by atoms with van der Waals surface area (Å²) in [6, 6.07) is 6.02. The van der Waals surface area contributed by atoms with E-state index in [1.807, 2.05) is 29.9 Å². The Morgan fingerprint density at radius 3 is 2.69 bits per heavy atom. The lowest BCUT2D eigenvalue weighted by molar-refractivity contribution is 0.0816. The van der Waals surface area contributed by atoms with Crippen LogP contribution < -0.4 is 0 Å². The van der Waals surface area contributed by atoms with Crippen LogP contribution in [0.4, 0.5) is 0 Å². The molecule has 1 amide bonds. The third-order valence-electron chi connectivity index (χ3n) is 6.83. The number of hydrogen-bond acceptors (Lipinski definition) is 5. The highest BCUT2D eigenvalue weighted by molar-refractivity contribution is 5.99. The van der Waals surface area contributed by atoms with Gasteiger partial charge in [0, 0.05) is 42.7 Å². The van der Waals surface area contributed by atoms with E-state index in [9.17, 15) is 10.1 Å². The van der Waals surface area contributed by atoms with E-state index in [0.29, 0.717) is 28.9 Å². The van der Waals surface area contributed by atoms with Gasteiger partial charge in [0.1, 0.15) is 11.8 Å². The first kappa shape index (κ1) is 20.4. The number of carbonyl (C=O) groups is 1. The zero-order valence-electron chi connectivity index (χ0n) is 18.7. The molecule has 0 radical (unpaired) electrons. The summed E-state index contributed by atoms with van der Waals surface area (Å²) in [6.07, 6.45) is 10.7. The van der Waals surface area contributed by atoms with Crippen LogP contribution in [0, 0.1) is 23.7 Å². The quantitative estimate of drug-likeness (QED) is 0.619. The third kappa shape index (κ3) is 3.46. The summed E-state index contributed by atoms with van der Waals surface area (Å²) in [5.74, 6) is -0.0406. The number of carbonyl (C=O) groups excluding carboxylic acids is 1. The average Bonchev–Trinajstić information content (AvgIpc) is 3.48. The minimum absolute atomic E-state index is 0.0406. The molecule has 162 valence electrons. The predicted molar refractivity (Wildman–Crippen MR) is 121 cm³/mol. The third-order valence-corrected chi connectivity index (χ3v) is 6.83. The van der Waals surface area contributed by atoms with Crippen LogP contribution in [0.2, 0.25) is 0 Å². The Kier molecular flexibility index (Phi) is 4.81.